The molecule has 4 heterocycles. The second kappa shape index (κ2) is 7.20. The Morgan fingerprint density at radius 1 is 1.16 bits per heavy atom. The van der Waals surface area contributed by atoms with Crippen molar-refractivity contribution >= 4 is 17.4 Å². The maximum absolute atomic E-state index is 13.3. The molecule has 2 amide bonds. The number of amides is 2. The number of fused-ring (bicyclic) bond motifs is 1. The Morgan fingerprint density at radius 2 is 2.08 bits per heavy atom. The fourth-order valence-electron chi connectivity index (χ4n) is 4.43. The number of carbonyl (C=O) groups excluding carboxylic acids is 1. The minimum atomic E-state index is 0.146. The van der Waals surface area contributed by atoms with Gasteiger partial charge in [0.2, 0.25) is 0 Å². The second-order valence-electron chi connectivity index (χ2n) is 7.55. The first-order valence-electron chi connectivity index (χ1n) is 9.53. The lowest BCUT2D eigenvalue weighted by atomic mass is 9.88. The van der Waals surface area contributed by atoms with Crippen LogP contribution < -0.4 is 9.80 Å². The Labute approximate surface area is 149 Å². The highest BCUT2D eigenvalue weighted by atomic mass is 16.5. The van der Waals surface area contributed by atoms with Crippen LogP contribution in [0.2, 0.25) is 0 Å². The van der Waals surface area contributed by atoms with Gasteiger partial charge < -0.3 is 14.5 Å². The number of likely N-dealkylation sites (N-methyl/N-ethyl adjacent to an activating group) is 1. The first kappa shape index (κ1) is 16.6. The van der Waals surface area contributed by atoms with Gasteiger partial charge in [-0.05, 0) is 37.2 Å². The van der Waals surface area contributed by atoms with Crippen molar-refractivity contribution in [2.75, 3.05) is 56.2 Å². The van der Waals surface area contributed by atoms with Gasteiger partial charge in [0.15, 0.2) is 0 Å². The molecular weight excluding hydrogens is 316 g/mol. The van der Waals surface area contributed by atoms with E-state index in [4.69, 9.17) is 4.74 Å². The lowest BCUT2D eigenvalue weighted by Crippen LogP contribution is -2.50. The first-order chi connectivity index (χ1) is 12.2. The normalized spacial score (nSPS) is 27.2. The summed E-state index contributed by atoms with van der Waals surface area (Å²) in [6.07, 6.45) is 8.30. The first-order valence-corrected chi connectivity index (χ1v) is 9.53. The number of anilines is 2. The van der Waals surface area contributed by atoms with Gasteiger partial charge in [-0.3, -0.25) is 9.88 Å². The van der Waals surface area contributed by atoms with E-state index in [1.807, 2.05) is 17.2 Å². The van der Waals surface area contributed by atoms with Crippen molar-refractivity contribution in [3.05, 3.63) is 18.5 Å². The minimum Gasteiger partial charge on any atom is -0.381 e. The number of carbonyl (C=O) groups is 1. The summed E-state index contributed by atoms with van der Waals surface area (Å²) in [5.74, 6) is 1.20. The quantitative estimate of drug-likeness (QED) is 0.786. The van der Waals surface area contributed by atoms with Crippen LogP contribution in [-0.4, -0.2) is 62.4 Å². The zero-order valence-corrected chi connectivity index (χ0v) is 15.1. The predicted octanol–water partition coefficient (Wildman–Crippen LogP) is 2.60. The van der Waals surface area contributed by atoms with E-state index in [2.05, 4.69) is 21.8 Å². The van der Waals surface area contributed by atoms with Crippen LogP contribution in [0.1, 0.15) is 25.7 Å². The molecule has 0 aliphatic carbocycles. The molecule has 1 aromatic heterocycles. The highest BCUT2D eigenvalue weighted by Crippen LogP contribution is 2.33. The topological polar surface area (TPSA) is 48.9 Å². The summed E-state index contributed by atoms with van der Waals surface area (Å²) in [5.41, 5.74) is 2.02. The maximum Gasteiger partial charge on any atom is 0.324 e. The lowest BCUT2D eigenvalue weighted by molar-refractivity contribution is 0.156. The van der Waals surface area contributed by atoms with Crippen molar-refractivity contribution in [1.29, 1.82) is 0 Å². The third kappa shape index (κ3) is 3.32. The smallest absolute Gasteiger partial charge is 0.324 e. The monoisotopic (exact) mass is 344 g/mol. The Bertz CT molecular complexity index is 617. The number of aromatic nitrogens is 1. The van der Waals surface area contributed by atoms with E-state index in [0.717, 1.165) is 63.6 Å². The molecule has 4 rings (SSSR count). The van der Waals surface area contributed by atoms with Gasteiger partial charge >= 0.3 is 6.03 Å². The molecule has 0 spiro atoms. The van der Waals surface area contributed by atoms with Crippen LogP contribution in [0.15, 0.2) is 18.5 Å². The van der Waals surface area contributed by atoms with E-state index in [1.54, 1.807) is 6.20 Å². The molecule has 1 aromatic rings. The van der Waals surface area contributed by atoms with Crippen LogP contribution in [0, 0.1) is 11.8 Å². The predicted molar refractivity (Wildman–Crippen MR) is 98.1 cm³/mol. The summed E-state index contributed by atoms with van der Waals surface area (Å²) >= 11 is 0. The number of hydrogen-bond acceptors (Lipinski definition) is 4. The van der Waals surface area contributed by atoms with Gasteiger partial charge in [-0.1, -0.05) is 6.42 Å². The summed E-state index contributed by atoms with van der Waals surface area (Å²) in [6, 6.07) is 2.14. The molecule has 2 saturated heterocycles. The van der Waals surface area contributed by atoms with Crippen LogP contribution in [0.5, 0.6) is 0 Å². The number of nitrogens with zero attached hydrogens (tertiary/aromatic N) is 4. The van der Waals surface area contributed by atoms with Crippen molar-refractivity contribution in [2.45, 2.75) is 25.7 Å². The standard InChI is InChI=1S/C19H28N4O2/c1-21-9-10-23(18-12-20-7-5-17(18)21)19(24)22-8-3-2-4-15(13-22)16-6-11-25-14-16/h5,7,12,15-16H,2-4,6,8-11,13-14H2,1H3. The molecule has 25 heavy (non-hydrogen) atoms. The molecule has 0 N–H and O–H groups in total. The van der Waals surface area contributed by atoms with Crippen molar-refractivity contribution in [3.63, 3.8) is 0 Å². The molecule has 0 aromatic carbocycles. The molecule has 3 aliphatic heterocycles. The third-order valence-corrected chi connectivity index (χ3v) is 5.98. The number of rotatable bonds is 1. The van der Waals surface area contributed by atoms with Crippen molar-refractivity contribution < 1.29 is 9.53 Å². The van der Waals surface area contributed by atoms with Gasteiger partial charge in [-0.15, -0.1) is 0 Å². The zero-order valence-electron chi connectivity index (χ0n) is 15.1. The Morgan fingerprint density at radius 3 is 2.92 bits per heavy atom. The SMILES string of the molecule is CN1CCN(C(=O)N2CCCCC(C3CCOC3)C2)c2cnccc21. The summed E-state index contributed by atoms with van der Waals surface area (Å²) in [5, 5.41) is 0. The second-order valence-corrected chi connectivity index (χ2v) is 7.55. The number of ether oxygens (including phenoxy) is 1. The van der Waals surface area contributed by atoms with Crippen molar-refractivity contribution in [2.24, 2.45) is 11.8 Å². The molecule has 0 saturated carbocycles. The number of hydrogen-bond donors (Lipinski definition) is 0. The van der Waals surface area contributed by atoms with E-state index in [9.17, 15) is 4.79 Å². The summed E-state index contributed by atoms with van der Waals surface area (Å²) < 4.78 is 5.59. The highest BCUT2D eigenvalue weighted by molar-refractivity contribution is 5.96. The lowest BCUT2D eigenvalue weighted by Gasteiger charge is -2.38. The fraction of sp³-hybridized carbons (Fsp3) is 0.684. The number of likely N-dealkylation sites (tertiary alicyclic amines) is 1. The van der Waals surface area contributed by atoms with Crippen LogP contribution in [0.4, 0.5) is 16.2 Å². The Kier molecular flexibility index (Phi) is 4.79. The van der Waals surface area contributed by atoms with Gasteiger partial charge in [-0.25, -0.2) is 4.79 Å². The number of pyridine rings is 1. The average molecular weight is 344 g/mol. The van der Waals surface area contributed by atoms with Crippen LogP contribution in [0.25, 0.3) is 0 Å². The van der Waals surface area contributed by atoms with E-state index >= 15 is 0 Å². The molecular formula is C19H28N4O2. The minimum absolute atomic E-state index is 0.146. The number of urea groups is 1. The van der Waals surface area contributed by atoms with E-state index < -0.39 is 0 Å². The molecule has 2 unspecified atom stereocenters. The van der Waals surface area contributed by atoms with E-state index in [-0.39, 0.29) is 6.03 Å². The average Bonchev–Trinajstić information content (AvgIpc) is 3.06. The van der Waals surface area contributed by atoms with Gasteiger partial charge in [0.1, 0.15) is 0 Å². The van der Waals surface area contributed by atoms with Gasteiger partial charge in [0, 0.05) is 52.6 Å². The van der Waals surface area contributed by atoms with Gasteiger partial charge in [-0.2, -0.15) is 0 Å². The van der Waals surface area contributed by atoms with E-state index in [1.165, 1.54) is 12.8 Å². The molecule has 6 nitrogen and oxygen atoms in total. The van der Waals surface area contributed by atoms with Crippen LogP contribution in [0.3, 0.4) is 0 Å². The molecule has 136 valence electrons. The molecule has 2 fully saturated rings. The van der Waals surface area contributed by atoms with Gasteiger partial charge in [0.25, 0.3) is 0 Å². The summed E-state index contributed by atoms with van der Waals surface area (Å²) in [4.78, 5) is 23.8. The Hall–Kier alpha value is -1.82. The molecule has 6 heteroatoms. The summed E-state index contributed by atoms with van der Waals surface area (Å²) in [6.45, 7) is 5.07. The maximum atomic E-state index is 13.3. The highest BCUT2D eigenvalue weighted by Gasteiger charge is 2.34. The molecule has 2 atom stereocenters. The largest absolute Gasteiger partial charge is 0.381 e. The van der Waals surface area contributed by atoms with Gasteiger partial charge in [0.05, 0.1) is 17.6 Å². The third-order valence-electron chi connectivity index (χ3n) is 5.98. The molecule has 0 radical (unpaired) electrons. The van der Waals surface area contributed by atoms with Crippen LogP contribution in [-0.2, 0) is 4.74 Å². The summed E-state index contributed by atoms with van der Waals surface area (Å²) in [7, 11) is 2.07. The van der Waals surface area contributed by atoms with Crippen molar-refractivity contribution in [1.82, 2.24) is 9.88 Å². The van der Waals surface area contributed by atoms with Crippen molar-refractivity contribution in [3.8, 4) is 0 Å². The van der Waals surface area contributed by atoms with E-state index in [0.29, 0.717) is 11.8 Å². The molecule has 3 aliphatic rings. The molecule has 0 bridgehead atoms. The Balaban J connectivity index is 1.52. The zero-order chi connectivity index (χ0) is 17.2. The fourth-order valence-corrected chi connectivity index (χ4v) is 4.43. The van der Waals surface area contributed by atoms with Crippen LogP contribution >= 0.6 is 0 Å².